The number of aromatic nitrogens is 2. The van der Waals surface area contributed by atoms with E-state index >= 15 is 0 Å². The number of rotatable bonds is 2. The Morgan fingerprint density at radius 1 is 1.09 bits per heavy atom. The van der Waals surface area contributed by atoms with Crippen LogP contribution in [0, 0.1) is 0 Å². The zero-order chi connectivity index (χ0) is 14.9. The first-order valence-electron chi connectivity index (χ1n) is 7.71. The van der Waals surface area contributed by atoms with Crippen molar-refractivity contribution in [3.05, 3.63) is 65.6 Å². The van der Waals surface area contributed by atoms with E-state index in [9.17, 15) is 0 Å². The molecule has 0 saturated heterocycles. The van der Waals surface area contributed by atoms with Crippen LogP contribution in [0.25, 0.3) is 23.2 Å². The molecule has 3 aromatic rings. The van der Waals surface area contributed by atoms with Gasteiger partial charge in [0.15, 0.2) is 0 Å². The van der Waals surface area contributed by atoms with E-state index in [1.807, 2.05) is 24.4 Å². The van der Waals surface area contributed by atoms with Crippen molar-refractivity contribution in [3.63, 3.8) is 0 Å². The minimum atomic E-state index is 0. The second kappa shape index (κ2) is 6.57. The largest absolute Gasteiger partial charge is 0.320 e. The van der Waals surface area contributed by atoms with Crippen molar-refractivity contribution in [2.75, 3.05) is 13.6 Å². The van der Waals surface area contributed by atoms with Crippen molar-refractivity contribution in [2.45, 2.75) is 13.0 Å². The van der Waals surface area contributed by atoms with Crippen molar-refractivity contribution in [2.24, 2.45) is 0 Å². The molecule has 0 radical (unpaired) electrons. The van der Waals surface area contributed by atoms with E-state index in [0.29, 0.717) is 0 Å². The van der Waals surface area contributed by atoms with Gasteiger partial charge in [-0.2, -0.15) is 0 Å². The standard InChI is InChI=1S/C19H19N3.ClH/c1-21-12-10-19-17(14-21)16-7-2-3-8-18(16)22(19)13-9-15-6-4-5-11-20-15;/h2-9,11,13H,10,12,14H2,1H3;1H/b13-9+;. The van der Waals surface area contributed by atoms with Gasteiger partial charge in [-0.25, -0.2) is 0 Å². The van der Waals surface area contributed by atoms with Gasteiger partial charge in [-0.3, -0.25) is 4.98 Å². The number of likely N-dealkylation sites (N-methyl/N-ethyl adjacent to an activating group) is 1. The molecule has 0 fully saturated rings. The van der Waals surface area contributed by atoms with Crippen molar-refractivity contribution in [1.82, 2.24) is 14.5 Å². The lowest BCUT2D eigenvalue weighted by molar-refractivity contribution is 0.312. The molecule has 0 aliphatic carbocycles. The number of hydrogen-bond acceptors (Lipinski definition) is 2. The maximum atomic E-state index is 4.37. The zero-order valence-electron chi connectivity index (χ0n) is 13.1. The fraction of sp³-hybridized carbons (Fsp3) is 0.211. The predicted octanol–water partition coefficient (Wildman–Crippen LogP) is 4.07. The summed E-state index contributed by atoms with van der Waals surface area (Å²) >= 11 is 0. The van der Waals surface area contributed by atoms with Crippen LogP contribution < -0.4 is 0 Å². The first kappa shape index (κ1) is 15.8. The molecule has 0 bridgehead atoms. The van der Waals surface area contributed by atoms with Gasteiger partial charge in [-0.05, 0) is 36.9 Å². The van der Waals surface area contributed by atoms with Crippen LogP contribution >= 0.6 is 12.4 Å². The Balaban J connectivity index is 0.00000156. The predicted molar refractivity (Wildman–Crippen MR) is 98.7 cm³/mol. The summed E-state index contributed by atoms with van der Waals surface area (Å²) in [6.07, 6.45) is 7.17. The van der Waals surface area contributed by atoms with E-state index in [4.69, 9.17) is 0 Å². The third-order valence-corrected chi connectivity index (χ3v) is 4.37. The molecular weight excluding hydrogens is 306 g/mol. The van der Waals surface area contributed by atoms with E-state index in [0.717, 1.165) is 25.2 Å². The lowest BCUT2D eigenvalue weighted by Gasteiger charge is -2.23. The van der Waals surface area contributed by atoms with Gasteiger partial charge in [0, 0.05) is 43.0 Å². The Hall–Kier alpha value is -2.10. The first-order valence-corrected chi connectivity index (χ1v) is 7.71. The quantitative estimate of drug-likeness (QED) is 0.708. The summed E-state index contributed by atoms with van der Waals surface area (Å²) in [7, 11) is 2.19. The summed E-state index contributed by atoms with van der Waals surface area (Å²) in [5.74, 6) is 0. The van der Waals surface area contributed by atoms with Gasteiger partial charge in [-0.1, -0.05) is 24.3 Å². The van der Waals surface area contributed by atoms with Gasteiger partial charge in [0.2, 0.25) is 0 Å². The highest BCUT2D eigenvalue weighted by molar-refractivity contribution is 5.88. The van der Waals surface area contributed by atoms with Gasteiger partial charge in [0.25, 0.3) is 0 Å². The molecule has 118 valence electrons. The lowest BCUT2D eigenvalue weighted by Crippen LogP contribution is -2.26. The fourth-order valence-electron chi connectivity index (χ4n) is 3.27. The molecule has 0 unspecified atom stereocenters. The van der Waals surface area contributed by atoms with E-state index in [1.54, 1.807) is 0 Å². The number of pyridine rings is 1. The molecule has 23 heavy (non-hydrogen) atoms. The Kier molecular flexibility index (Phi) is 4.51. The molecule has 3 heterocycles. The van der Waals surface area contributed by atoms with E-state index in [-0.39, 0.29) is 12.4 Å². The van der Waals surface area contributed by atoms with Gasteiger partial charge in [0.1, 0.15) is 0 Å². The number of halogens is 1. The molecule has 0 amide bonds. The summed E-state index contributed by atoms with van der Waals surface area (Å²) in [5, 5.41) is 1.37. The van der Waals surface area contributed by atoms with Gasteiger partial charge in [-0.15, -0.1) is 12.4 Å². The Labute approximate surface area is 142 Å². The molecule has 0 saturated carbocycles. The van der Waals surface area contributed by atoms with Crippen LogP contribution in [0.5, 0.6) is 0 Å². The molecule has 1 aromatic carbocycles. The van der Waals surface area contributed by atoms with E-state index < -0.39 is 0 Å². The van der Waals surface area contributed by atoms with Gasteiger partial charge >= 0.3 is 0 Å². The number of nitrogens with zero attached hydrogens (tertiary/aromatic N) is 3. The average molecular weight is 326 g/mol. The second-order valence-electron chi connectivity index (χ2n) is 5.87. The SMILES string of the molecule is CN1CCc2c(c3ccccc3n2/C=C/c2ccccn2)C1.Cl. The molecule has 4 heteroatoms. The summed E-state index contributed by atoms with van der Waals surface area (Å²) in [5.41, 5.74) is 5.18. The van der Waals surface area contributed by atoms with Crippen molar-refractivity contribution >= 4 is 35.6 Å². The normalized spacial score (nSPS) is 14.8. The van der Waals surface area contributed by atoms with Crippen LogP contribution in [0.4, 0.5) is 0 Å². The second-order valence-corrected chi connectivity index (χ2v) is 5.87. The smallest absolute Gasteiger partial charge is 0.0644 e. The Morgan fingerprint density at radius 2 is 1.91 bits per heavy atom. The molecule has 2 aromatic heterocycles. The molecule has 3 nitrogen and oxygen atoms in total. The molecule has 0 spiro atoms. The van der Waals surface area contributed by atoms with Crippen molar-refractivity contribution in [3.8, 4) is 0 Å². The molecule has 4 rings (SSSR count). The highest BCUT2D eigenvalue weighted by Gasteiger charge is 2.20. The molecule has 1 aliphatic heterocycles. The lowest BCUT2D eigenvalue weighted by atomic mass is 10.1. The highest BCUT2D eigenvalue weighted by Crippen LogP contribution is 2.30. The van der Waals surface area contributed by atoms with E-state index in [1.165, 1.54) is 22.2 Å². The summed E-state index contributed by atoms with van der Waals surface area (Å²) < 4.78 is 2.34. The molecule has 1 aliphatic rings. The third kappa shape index (κ3) is 2.90. The molecule has 0 N–H and O–H groups in total. The number of para-hydroxylation sites is 1. The summed E-state index contributed by atoms with van der Waals surface area (Å²) in [6, 6.07) is 14.7. The summed E-state index contributed by atoms with van der Waals surface area (Å²) in [4.78, 5) is 6.76. The van der Waals surface area contributed by atoms with Crippen LogP contribution in [0.15, 0.2) is 48.7 Å². The van der Waals surface area contributed by atoms with Crippen LogP contribution in [-0.2, 0) is 13.0 Å². The van der Waals surface area contributed by atoms with Crippen LogP contribution in [0.3, 0.4) is 0 Å². The highest BCUT2D eigenvalue weighted by atomic mass is 35.5. The summed E-state index contributed by atoms with van der Waals surface area (Å²) in [6.45, 7) is 2.14. The van der Waals surface area contributed by atoms with Crippen molar-refractivity contribution < 1.29 is 0 Å². The average Bonchev–Trinajstić information content (AvgIpc) is 2.87. The third-order valence-electron chi connectivity index (χ3n) is 4.37. The topological polar surface area (TPSA) is 21.1 Å². The maximum Gasteiger partial charge on any atom is 0.0644 e. The maximum absolute atomic E-state index is 4.37. The molecular formula is C19H20ClN3. The van der Waals surface area contributed by atoms with Gasteiger partial charge in [0.05, 0.1) is 11.2 Å². The molecule has 0 atom stereocenters. The number of hydrogen-bond donors (Lipinski definition) is 0. The minimum absolute atomic E-state index is 0. The van der Waals surface area contributed by atoms with Gasteiger partial charge < -0.3 is 9.47 Å². The fourth-order valence-corrected chi connectivity index (χ4v) is 3.27. The Bertz CT molecular complexity index is 836. The number of fused-ring (bicyclic) bond motifs is 3. The van der Waals surface area contributed by atoms with E-state index in [2.05, 4.69) is 58.0 Å². The Morgan fingerprint density at radius 3 is 2.74 bits per heavy atom. The number of benzene rings is 1. The van der Waals surface area contributed by atoms with Crippen LogP contribution in [-0.4, -0.2) is 28.0 Å². The monoisotopic (exact) mass is 325 g/mol. The van der Waals surface area contributed by atoms with Crippen LogP contribution in [0.2, 0.25) is 0 Å². The van der Waals surface area contributed by atoms with Crippen molar-refractivity contribution in [1.29, 1.82) is 0 Å². The zero-order valence-corrected chi connectivity index (χ0v) is 14.0. The minimum Gasteiger partial charge on any atom is -0.320 e. The van der Waals surface area contributed by atoms with Crippen LogP contribution in [0.1, 0.15) is 17.0 Å². The first-order chi connectivity index (χ1) is 10.8.